The van der Waals surface area contributed by atoms with Gasteiger partial charge in [0, 0.05) is 18.9 Å². The van der Waals surface area contributed by atoms with Crippen molar-refractivity contribution in [1.29, 1.82) is 0 Å². The molecule has 0 saturated carbocycles. The molecule has 76 valence electrons. The van der Waals surface area contributed by atoms with Crippen molar-refractivity contribution >= 4 is 28.8 Å². The Morgan fingerprint density at radius 2 is 2.13 bits per heavy atom. The molecule has 0 fully saturated rings. The molecule has 4 heteroatoms. The van der Waals surface area contributed by atoms with E-state index in [1.807, 2.05) is 35.5 Å². The number of hydrogen-bond donors (Lipinski definition) is 1. The minimum Gasteiger partial charge on any atom is -0.382 e. The Balaban J connectivity index is 1.88. The second kappa shape index (κ2) is 3.87. The van der Waals surface area contributed by atoms with Crippen molar-refractivity contribution in [2.75, 3.05) is 11.9 Å². The summed E-state index contributed by atoms with van der Waals surface area (Å²) in [6.07, 6.45) is 3.72. The monoisotopic (exact) mass is 234 g/mol. The highest BCUT2D eigenvalue weighted by Crippen LogP contribution is 2.45. The summed E-state index contributed by atoms with van der Waals surface area (Å²) in [6.45, 7) is 0.998. The van der Waals surface area contributed by atoms with Crippen LogP contribution in [-0.2, 0) is 0 Å². The summed E-state index contributed by atoms with van der Waals surface area (Å²) in [4.78, 5) is 4.05. The average Bonchev–Trinajstić information content (AvgIpc) is 2.77. The van der Waals surface area contributed by atoms with Gasteiger partial charge in [-0.05, 0) is 29.1 Å². The molecule has 0 aromatic carbocycles. The minimum atomic E-state index is 0.513. The lowest BCUT2D eigenvalue weighted by molar-refractivity contribution is 0.968. The third-order valence-electron chi connectivity index (χ3n) is 2.43. The van der Waals surface area contributed by atoms with Gasteiger partial charge in [-0.25, -0.2) is 0 Å². The van der Waals surface area contributed by atoms with Gasteiger partial charge in [0.1, 0.15) is 0 Å². The third kappa shape index (κ3) is 1.75. The highest BCUT2D eigenvalue weighted by atomic mass is 32.2. The normalized spacial score (nSPS) is 19.3. The van der Waals surface area contributed by atoms with Crippen LogP contribution in [0.3, 0.4) is 0 Å². The maximum Gasteiger partial charge on any atom is 0.0837 e. The van der Waals surface area contributed by atoms with Crippen LogP contribution in [0.4, 0.5) is 5.69 Å². The van der Waals surface area contributed by atoms with E-state index in [9.17, 15) is 0 Å². The van der Waals surface area contributed by atoms with Gasteiger partial charge in [0.15, 0.2) is 0 Å². The van der Waals surface area contributed by atoms with Crippen LogP contribution in [0.15, 0.2) is 40.2 Å². The summed E-state index contributed by atoms with van der Waals surface area (Å²) in [5, 5.41) is 6.11. The van der Waals surface area contributed by atoms with Crippen molar-refractivity contribution in [2.24, 2.45) is 0 Å². The van der Waals surface area contributed by atoms with E-state index in [1.165, 1.54) is 15.5 Å². The predicted octanol–water partition coefficient (Wildman–Crippen LogP) is 3.40. The Bertz CT molecular complexity index is 453. The molecule has 1 atom stereocenters. The Labute approximate surface area is 96.7 Å². The molecule has 1 aliphatic heterocycles. The van der Waals surface area contributed by atoms with Crippen molar-refractivity contribution in [2.45, 2.75) is 9.46 Å². The molecule has 3 rings (SSSR count). The van der Waals surface area contributed by atoms with Crippen LogP contribution in [0.5, 0.6) is 0 Å². The molecule has 0 aliphatic carbocycles. The zero-order valence-corrected chi connectivity index (χ0v) is 9.65. The Kier molecular flexibility index (Phi) is 2.38. The largest absolute Gasteiger partial charge is 0.382 e. The van der Waals surface area contributed by atoms with E-state index in [-0.39, 0.29) is 0 Å². The van der Waals surface area contributed by atoms with Crippen molar-refractivity contribution < 1.29 is 0 Å². The quantitative estimate of drug-likeness (QED) is 0.818. The van der Waals surface area contributed by atoms with E-state index in [0.717, 1.165) is 6.54 Å². The smallest absolute Gasteiger partial charge is 0.0837 e. The molecule has 15 heavy (non-hydrogen) atoms. The van der Waals surface area contributed by atoms with E-state index in [4.69, 9.17) is 0 Å². The first-order valence-electron chi connectivity index (χ1n) is 4.81. The number of thiophene rings is 1. The van der Waals surface area contributed by atoms with Crippen molar-refractivity contribution in [3.8, 4) is 0 Å². The number of rotatable bonds is 1. The Hall–Kier alpha value is -1.00. The zero-order chi connectivity index (χ0) is 10.1. The number of nitrogens with one attached hydrogen (secondary N) is 1. The van der Waals surface area contributed by atoms with E-state index >= 15 is 0 Å². The van der Waals surface area contributed by atoms with E-state index < -0.39 is 0 Å². The summed E-state index contributed by atoms with van der Waals surface area (Å²) in [5.74, 6) is 0. The molecule has 2 aromatic rings. The fraction of sp³-hybridized carbons (Fsp3) is 0.182. The number of pyridine rings is 1. The van der Waals surface area contributed by atoms with Gasteiger partial charge in [-0.2, -0.15) is 0 Å². The lowest BCUT2D eigenvalue weighted by Crippen LogP contribution is -2.13. The number of hydrogen-bond acceptors (Lipinski definition) is 4. The molecule has 1 unspecified atom stereocenters. The topological polar surface area (TPSA) is 24.9 Å². The highest BCUT2D eigenvalue weighted by molar-refractivity contribution is 8.01. The fourth-order valence-electron chi connectivity index (χ4n) is 1.66. The maximum absolute atomic E-state index is 4.05. The van der Waals surface area contributed by atoms with Gasteiger partial charge in [-0.15, -0.1) is 23.1 Å². The number of nitrogens with zero attached hydrogens (tertiary/aromatic N) is 1. The number of thioether (sulfide) groups is 1. The molecule has 2 nitrogen and oxygen atoms in total. The third-order valence-corrected chi connectivity index (χ3v) is 4.88. The van der Waals surface area contributed by atoms with E-state index in [0.29, 0.717) is 5.25 Å². The van der Waals surface area contributed by atoms with Gasteiger partial charge in [-0.3, -0.25) is 4.98 Å². The number of aromatic nitrogens is 1. The first kappa shape index (κ1) is 9.24. The van der Waals surface area contributed by atoms with Crippen molar-refractivity contribution in [1.82, 2.24) is 4.98 Å². The molecule has 0 bridgehead atoms. The average molecular weight is 234 g/mol. The lowest BCUT2D eigenvalue weighted by Gasteiger charge is -2.23. The van der Waals surface area contributed by atoms with Gasteiger partial charge >= 0.3 is 0 Å². The molecule has 0 spiro atoms. The molecular weight excluding hydrogens is 224 g/mol. The van der Waals surface area contributed by atoms with E-state index in [1.54, 1.807) is 0 Å². The van der Waals surface area contributed by atoms with Crippen molar-refractivity contribution in [3.63, 3.8) is 0 Å². The summed E-state index contributed by atoms with van der Waals surface area (Å²) in [7, 11) is 0. The summed E-state index contributed by atoms with van der Waals surface area (Å²) < 4.78 is 1.39. The van der Waals surface area contributed by atoms with Gasteiger partial charge in [0.05, 0.1) is 15.1 Å². The van der Waals surface area contributed by atoms with Crippen LogP contribution < -0.4 is 5.32 Å². The molecule has 2 aromatic heterocycles. The predicted molar refractivity (Wildman–Crippen MR) is 65.6 cm³/mol. The van der Waals surface area contributed by atoms with E-state index in [2.05, 4.69) is 33.9 Å². The SMILES string of the molecule is c1cc(C2CNc3ccsc3S2)ccn1. The molecule has 0 amide bonds. The molecule has 1 N–H and O–H groups in total. The minimum absolute atomic E-state index is 0.513. The molecule has 1 aliphatic rings. The lowest BCUT2D eigenvalue weighted by atomic mass is 10.2. The standard InChI is InChI=1S/C11H10N2S2/c1-4-12-5-2-8(1)10-7-13-9-3-6-14-11(9)15-10/h1-6,10,13H,7H2. The van der Waals surface area contributed by atoms with Gasteiger partial charge < -0.3 is 5.32 Å². The Morgan fingerprint density at radius 3 is 3.00 bits per heavy atom. The van der Waals surface area contributed by atoms with Crippen LogP contribution in [0, 0.1) is 0 Å². The summed E-state index contributed by atoms with van der Waals surface area (Å²) in [5.41, 5.74) is 2.64. The van der Waals surface area contributed by atoms with Gasteiger partial charge in [-0.1, -0.05) is 0 Å². The Morgan fingerprint density at radius 1 is 1.27 bits per heavy atom. The molecular formula is C11H10N2S2. The zero-order valence-electron chi connectivity index (χ0n) is 8.01. The second-order valence-corrected chi connectivity index (χ2v) is 5.78. The number of fused-ring (bicyclic) bond motifs is 1. The van der Waals surface area contributed by atoms with Crippen molar-refractivity contribution in [3.05, 3.63) is 41.5 Å². The first-order valence-corrected chi connectivity index (χ1v) is 6.57. The number of anilines is 1. The molecule has 3 heterocycles. The molecule has 0 saturated heterocycles. The first-order chi connectivity index (χ1) is 7.43. The molecule has 0 radical (unpaired) electrons. The van der Waals surface area contributed by atoms with Gasteiger partial charge in [0.25, 0.3) is 0 Å². The van der Waals surface area contributed by atoms with Gasteiger partial charge in [0.2, 0.25) is 0 Å². The second-order valence-electron chi connectivity index (χ2n) is 3.39. The van der Waals surface area contributed by atoms with Crippen LogP contribution in [-0.4, -0.2) is 11.5 Å². The highest BCUT2D eigenvalue weighted by Gasteiger charge is 2.20. The van der Waals surface area contributed by atoms with Crippen LogP contribution in [0.2, 0.25) is 0 Å². The summed E-state index contributed by atoms with van der Waals surface area (Å²) >= 11 is 3.75. The summed E-state index contributed by atoms with van der Waals surface area (Å²) in [6, 6.07) is 6.34. The fourth-order valence-corrected chi connectivity index (χ4v) is 3.97. The van der Waals surface area contributed by atoms with Crippen LogP contribution >= 0.6 is 23.1 Å². The van der Waals surface area contributed by atoms with Crippen LogP contribution in [0.1, 0.15) is 10.8 Å². The van der Waals surface area contributed by atoms with Crippen LogP contribution in [0.25, 0.3) is 0 Å². The maximum atomic E-state index is 4.05.